The normalized spacial score (nSPS) is 10.8. The number of halogens is 1. The Morgan fingerprint density at radius 3 is 2.65 bits per heavy atom. The fourth-order valence-electron chi connectivity index (χ4n) is 2.20. The Morgan fingerprint density at radius 2 is 2.04 bits per heavy atom. The standard InChI is InChI=1S/C19H17BrN2O4/c1-25-15-5-4-13(18(9-15)26-2)11-22-19(24)14(10-21)7-12-3-6-17(23)16(20)8-12/h3-9,23H,11H2,1-2H3,(H,22,24)/b14-7+. The van der Waals surface area contributed by atoms with Gasteiger partial charge in [0.15, 0.2) is 0 Å². The molecular formula is C19H17BrN2O4. The lowest BCUT2D eigenvalue weighted by Gasteiger charge is -2.11. The molecule has 134 valence electrons. The molecule has 1 amide bonds. The van der Waals surface area contributed by atoms with E-state index in [0.29, 0.717) is 21.5 Å². The van der Waals surface area contributed by atoms with Crippen LogP contribution in [0.5, 0.6) is 17.2 Å². The first kappa shape index (κ1) is 19.3. The zero-order chi connectivity index (χ0) is 19.1. The van der Waals surface area contributed by atoms with Gasteiger partial charge in [-0.05, 0) is 51.8 Å². The third-order valence-electron chi connectivity index (χ3n) is 3.58. The lowest BCUT2D eigenvalue weighted by molar-refractivity contribution is -0.117. The maximum atomic E-state index is 12.3. The number of hydrogen-bond acceptors (Lipinski definition) is 5. The lowest BCUT2D eigenvalue weighted by atomic mass is 10.1. The predicted molar refractivity (Wildman–Crippen MR) is 101 cm³/mol. The van der Waals surface area contributed by atoms with Crippen LogP contribution in [0.15, 0.2) is 46.4 Å². The number of rotatable bonds is 6. The molecule has 2 rings (SSSR count). The van der Waals surface area contributed by atoms with Gasteiger partial charge >= 0.3 is 0 Å². The van der Waals surface area contributed by atoms with E-state index in [1.807, 2.05) is 6.07 Å². The Hall–Kier alpha value is -2.98. The molecule has 0 aromatic heterocycles. The van der Waals surface area contributed by atoms with E-state index in [1.165, 1.54) is 19.3 Å². The number of benzene rings is 2. The first-order valence-corrected chi connectivity index (χ1v) is 8.37. The van der Waals surface area contributed by atoms with Gasteiger partial charge in [0.25, 0.3) is 5.91 Å². The van der Waals surface area contributed by atoms with Gasteiger partial charge in [0.2, 0.25) is 0 Å². The SMILES string of the molecule is COc1ccc(CNC(=O)/C(C#N)=C/c2ccc(O)c(Br)c2)c(OC)c1. The highest BCUT2D eigenvalue weighted by atomic mass is 79.9. The summed E-state index contributed by atoms with van der Waals surface area (Å²) in [5, 5.41) is 21.5. The molecule has 0 aliphatic rings. The van der Waals surface area contributed by atoms with Crippen molar-refractivity contribution in [1.29, 1.82) is 5.26 Å². The summed E-state index contributed by atoms with van der Waals surface area (Å²) in [6.45, 7) is 0.199. The van der Waals surface area contributed by atoms with E-state index < -0.39 is 5.91 Å². The van der Waals surface area contributed by atoms with Crippen LogP contribution in [0, 0.1) is 11.3 Å². The lowest BCUT2D eigenvalue weighted by Crippen LogP contribution is -2.24. The maximum absolute atomic E-state index is 12.3. The van der Waals surface area contributed by atoms with Gasteiger partial charge in [-0.25, -0.2) is 0 Å². The first-order chi connectivity index (χ1) is 12.5. The molecule has 0 heterocycles. The molecule has 0 atom stereocenters. The molecule has 0 radical (unpaired) electrons. The Labute approximate surface area is 159 Å². The summed E-state index contributed by atoms with van der Waals surface area (Å²) in [5.41, 5.74) is 1.32. The van der Waals surface area contributed by atoms with Crippen molar-refractivity contribution in [2.24, 2.45) is 0 Å². The van der Waals surface area contributed by atoms with Crippen molar-refractivity contribution in [2.75, 3.05) is 14.2 Å². The van der Waals surface area contributed by atoms with Crippen LogP contribution in [0.4, 0.5) is 0 Å². The smallest absolute Gasteiger partial charge is 0.262 e. The van der Waals surface area contributed by atoms with E-state index in [1.54, 1.807) is 37.4 Å². The molecular weight excluding hydrogens is 400 g/mol. The summed E-state index contributed by atoms with van der Waals surface area (Å²) in [6, 6.07) is 11.9. The van der Waals surface area contributed by atoms with E-state index in [2.05, 4.69) is 21.2 Å². The highest BCUT2D eigenvalue weighted by molar-refractivity contribution is 9.10. The van der Waals surface area contributed by atoms with Gasteiger partial charge in [-0.15, -0.1) is 0 Å². The van der Waals surface area contributed by atoms with Gasteiger partial charge in [0.05, 0.1) is 18.7 Å². The number of nitriles is 1. The van der Waals surface area contributed by atoms with E-state index in [0.717, 1.165) is 5.56 Å². The number of carbonyl (C=O) groups excluding carboxylic acids is 1. The van der Waals surface area contributed by atoms with Gasteiger partial charge in [0, 0.05) is 18.2 Å². The molecule has 0 unspecified atom stereocenters. The Morgan fingerprint density at radius 1 is 1.27 bits per heavy atom. The van der Waals surface area contributed by atoms with Crippen molar-refractivity contribution in [1.82, 2.24) is 5.32 Å². The van der Waals surface area contributed by atoms with Crippen LogP contribution in [0.25, 0.3) is 6.08 Å². The van der Waals surface area contributed by atoms with Crippen molar-refractivity contribution >= 4 is 27.9 Å². The minimum absolute atomic E-state index is 0.0462. The third kappa shape index (κ3) is 4.77. The number of amides is 1. The van der Waals surface area contributed by atoms with Crippen molar-refractivity contribution < 1.29 is 19.4 Å². The molecule has 0 fully saturated rings. The summed E-state index contributed by atoms with van der Waals surface area (Å²) in [7, 11) is 3.09. The molecule has 0 saturated heterocycles. The molecule has 6 nitrogen and oxygen atoms in total. The van der Waals surface area contributed by atoms with Crippen molar-refractivity contribution in [2.45, 2.75) is 6.54 Å². The molecule has 2 aromatic carbocycles. The Bertz CT molecular complexity index is 888. The van der Waals surface area contributed by atoms with Gasteiger partial charge in [0.1, 0.15) is 28.9 Å². The Kier molecular flexibility index (Phi) is 6.64. The summed E-state index contributed by atoms with van der Waals surface area (Å²) < 4.78 is 10.9. The van der Waals surface area contributed by atoms with Crippen LogP contribution in [0.1, 0.15) is 11.1 Å². The molecule has 7 heteroatoms. The van der Waals surface area contributed by atoms with Crippen molar-refractivity contribution in [3.05, 3.63) is 57.6 Å². The number of nitrogens with zero attached hydrogens (tertiary/aromatic N) is 1. The number of methoxy groups -OCH3 is 2. The number of phenolic OH excluding ortho intramolecular Hbond substituents is 1. The van der Waals surface area contributed by atoms with Crippen LogP contribution in [0.3, 0.4) is 0 Å². The fourth-order valence-corrected chi connectivity index (χ4v) is 2.59. The van der Waals surface area contributed by atoms with Crippen LogP contribution in [-0.4, -0.2) is 25.2 Å². The number of ether oxygens (including phenoxy) is 2. The molecule has 0 aliphatic carbocycles. The van der Waals surface area contributed by atoms with Crippen LogP contribution in [-0.2, 0) is 11.3 Å². The number of phenols is 1. The zero-order valence-electron chi connectivity index (χ0n) is 14.2. The number of carbonyl (C=O) groups is 1. The predicted octanol–water partition coefficient (Wildman–Crippen LogP) is 3.40. The summed E-state index contributed by atoms with van der Waals surface area (Å²) >= 11 is 3.20. The van der Waals surface area contributed by atoms with Gasteiger partial charge in [-0.2, -0.15) is 5.26 Å². The Balaban J connectivity index is 2.14. The summed E-state index contributed by atoms with van der Waals surface area (Å²) in [4.78, 5) is 12.3. The third-order valence-corrected chi connectivity index (χ3v) is 4.22. The highest BCUT2D eigenvalue weighted by Crippen LogP contribution is 2.26. The molecule has 2 aromatic rings. The molecule has 0 bridgehead atoms. The van der Waals surface area contributed by atoms with E-state index >= 15 is 0 Å². The maximum Gasteiger partial charge on any atom is 0.262 e. The second-order valence-electron chi connectivity index (χ2n) is 5.24. The van der Waals surface area contributed by atoms with Gasteiger partial charge in [-0.1, -0.05) is 6.07 Å². The van der Waals surface area contributed by atoms with Crippen LogP contribution < -0.4 is 14.8 Å². The zero-order valence-corrected chi connectivity index (χ0v) is 15.8. The quantitative estimate of drug-likeness (QED) is 0.556. The number of hydrogen-bond donors (Lipinski definition) is 2. The summed E-state index contributed by atoms with van der Waals surface area (Å²) in [5.74, 6) is 0.799. The topological polar surface area (TPSA) is 91.6 Å². The molecule has 0 spiro atoms. The fraction of sp³-hybridized carbons (Fsp3) is 0.158. The van der Waals surface area contributed by atoms with Crippen molar-refractivity contribution in [3.63, 3.8) is 0 Å². The first-order valence-electron chi connectivity index (χ1n) is 7.58. The molecule has 2 N–H and O–H groups in total. The molecule has 0 saturated carbocycles. The number of aromatic hydroxyl groups is 1. The average molecular weight is 417 g/mol. The summed E-state index contributed by atoms with van der Waals surface area (Å²) in [6.07, 6.45) is 1.45. The van der Waals surface area contributed by atoms with E-state index in [4.69, 9.17) is 9.47 Å². The minimum atomic E-state index is -0.505. The molecule has 26 heavy (non-hydrogen) atoms. The largest absolute Gasteiger partial charge is 0.507 e. The van der Waals surface area contributed by atoms with Gasteiger partial charge in [-0.3, -0.25) is 4.79 Å². The second kappa shape index (κ2) is 8.92. The van der Waals surface area contributed by atoms with E-state index in [-0.39, 0.29) is 17.9 Å². The van der Waals surface area contributed by atoms with E-state index in [9.17, 15) is 15.2 Å². The highest BCUT2D eigenvalue weighted by Gasteiger charge is 2.11. The minimum Gasteiger partial charge on any atom is -0.507 e. The molecule has 0 aliphatic heterocycles. The van der Waals surface area contributed by atoms with Crippen molar-refractivity contribution in [3.8, 4) is 23.3 Å². The monoisotopic (exact) mass is 416 g/mol. The van der Waals surface area contributed by atoms with Crippen LogP contribution in [0.2, 0.25) is 0 Å². The second-order valence-corrected chi connectivity index (χ2v) is 6.10. The average Bonchev–Trinajstić information content (AvgIpc) is 2.66. The van der Waals surface area contributed by atoms with Gasteiger partial charge < -0.3 is 19.9 Å². The van der Waals surface area contributed by atoms with Crippen LogP contribution >= 0.6 is 15.9 Å². The number of nitrogens with one attached hydrogen (secondary N) is 1.